The lowest BCUT2D eigenvalue weighted by atomic mass is 10.1. The van der Waals surface area contributed by atoms with Crippen molar-refractivity contribution >= 4 is 45.7 Å². The highest BCUT2D eigenvalue weighted by Gasteiger charge is 2.23. The van der Waals surface area contributed by atoms with Crippen molar-refractivity contribution in [1.82, 2.24) is 4.98 Å². The molecule has 2 heterocycles. The van der Waals surface area contributed by atoms with Crippen LogP contribution in [0.4, 0.5) is 17.2 Å². The summed E-state index contributed by atoms with van der Waals surface area (Å²) in [6.45, 7) is 1.61. The quantitative estimate of drug-likeness (QED) is 0.433. The number of amides is 1. The van der Waals surface area contributed by atoms with Crippen LogP contribution in [-0.2, 0) is 0 Å². The number of nitrogens with zero attached hydrogens (tertiary/aromatic N) is 3. The molecule has 0 saturated carbocycles. The summed E-state index contributed by atoms with van der Waals surface area (Å²) in [4.78, 5) is 29.5. The number of piperidine rings is 1. The average molecular weight is 452 g/mol. The largest absolute Gasteiger partial charge is 0.366 e. The maximum Gasteiger partial charge on any atom is 0.293 e. The molecule has 2 aromatic rings. The van der Waals surface area contributed by atoms with Crippen LogP contribution in [0, 0.1) is 13.7 Å². The Morgan fingerprint density at radius 3 is 2.60 bits per heavy atom. The second-order valence-corrected chi connectivity index (χ2v) is 7.07. The van der Waals surface area contributed by atoms with E-state index in [4.69, 9.17) is 0 Å². The fourth-order valence-corrected chi connectivity index (χ4v) is 3.17. The van der Waals surface area contributed by atoms with Crippen LogP contribution in [0.5, 0.6) is 0 Å². The summed E-state index contributed by atoms with van der Waals surface area (Å²) in [7, 11) is 0. The number of nitro groups is 1. The van der Waals surface area contributed by atoms with Gasteiger partial charge in [0.05, 0.1) is 4.92 Å². The van der Waals surface area contributed by atoms with Gasteiger partial charge in [0.15, 0.2) is 0 Å². The lowest BCUT2D eigenvalue weighted by Gasteiger charge is -2.28. The number of benzene rings is 1. The first-order chi connectivity index (χ1) is 12.0. The van der Waals surface area contributed by atoms with Gasteiger partial charge in [-0.3, -0.25) is 14.9 Å². The van der Waals surface area contributed by atoms with E-state index in [1.807, 2.05) is 11.0 Å². The van der Waals surface area contributed by atoms with Gasteiger partial charge in [-0.2, -0.15) is 0 Å². The van der Waals surface area contributed by atoms with Crippen molar-refractivity contribution in [1.29, 1.82) is 0 Å². The van der Waals surface area contributed by atoms with Crippen molar-refractivity contribution in [2.45, 2.75) is 19.3 Å². The average Bonchev–Trinajstić information content (AvgIpc) is 2.63. The molecule has 1 amide bonds. The van der Waals surface area contributed by atoms with Crippen molar-refractivity contribution in [2.75, 3.05) is 23.3 Å². The molecule has 0 radical (unpaired) electrons. The first kappa shape index (κ1) is 17.6. The molecule has 0 aliphatic carbocycles. The van der Waals surface area contributed by atoms with Gasteiger partial charge >= 0.3 is 0 Å². The van der Waals surface area contributed by atoms with Crippen LogP contribution in [0.2, 0.25) is 0 Å². The topological polar surface area (TPSA) is 88.4 Å². The van der Waals surface area contributed by atoms with Crippen molar-refractivity contribution in [3.63, 3.8) is 0 Å². The number of anilines is 2. The maximum absolute atomic E-state index is 12.4. The Morgan fingerprint density at radius 1 is 1.20 bits per heavy atom. The fourth-order valence-electron chi connectivity index (χ4n) is 2.85. The molecule has 7 nitrogen and oxygen atoms in total. The van der Waals surface area contributed by atoms with Gasteiger partial charge in [0.1, 0.15) is 11.5 Å². The van der Waals surface area contributed by atoms with E-state index in [-0.39, 0.29) is 11.3 Å². The zero-order chi connectivity index (χ0) is 17.8. The third-order valence-electron chi connectivity index (χ3n) is 4.10. The Morgan fingerprint density at radius 2 is 1.96 bits per heavy atom. The normalized spacial score (nSPS) is 14.2. The molecule has 0 unspecified atom stereocenters. The Bertz CT molecular complexity index is 789. The van der Waals surface area contributed by atoms with Crippen LogP contribution in [-0.4, -0.2) is 28.9 Å². The molecule has 1 saturated heterocycles. The lowest BCUT2D eigenvalue weighted by Crippen LogP contribution is -2.30. The minimum Gasteiger partial charge on any atom is -0.366 e. The summed E-state index contributed by atoms with van der Waals surface area (Å²) >= 11 is 2.12. The molecule has 130 valence electrons. The van der Waals surface area contributed by atoms with E-state index >= 15 is 0 Å². The van der Waals surface area contributed by atoms with Crippen LogP contribution in [0.1, 0.15) is 29.6 Å². The highest BCUT2D eigenvalue weighted by Crippen LogP contribution is 2.31. The van der Waals surface area contributed by atoms with E-state index in [1.165, 1.54) is 6.07 Å². The molecule has 3 rings (SSSR count). The van der Waals surface area contributed by atoms with E-state index in [1.54, 1.807) is 24.4 Å². The summed E-state index contributed by atoms with van der Waals surface area (Å²) in [5.41, 5.74) is 0.784. The van der Waals surface area contributed by atoms with Gasteiger partial charge in [0, 0.05) is 34.5 Å². The Balaban J connectivity index is 1.84. The summed E-state index contributed by atoms with van der Waals surface area (Å²) in [5.74, 6) is -0.00446. The predicted molar refractivity (Wildman–Crippen MR) is 104 cm³/mol. The van der Waals surface area contributed by atoms with Crippen LogP contribution >= 0.6 is 22.6 Å². The number of carbonyl (C=O) groups excluding carboxylic acids is 1. The maximum atomic E-state index is 12.4. The molecule has 1 aromatic carbocycles. The van der Waals surface area contributed by atoms with Crippen LogP contribution < -0.4 is 10.2 Å². The smallest absolute Gasteiger partial charge is 0.293 e. The van der Waals surface area contributed by atoms with Gasteiger partial charge in [0.2, 0.25) is 0 Å². The van der Waals surface area contributed by atoms with Crippen molar-refractivity contribution < 1.29 is 9.72 Å². The Labute approximate surface area is 158 Å². The second-order valence-electron chi connectivity index (χ2n) is 5.82. The molecule has 25 heavy (non-hydrogen) atoms. The van der Waals surface area contributed by atoms with E-state index in [9.17, 15) is 14.9 Å². The first-order valence-corrected chi connectivity index (χ1v) is 9.09. The number of pyridine rings is 1. The van der Waals surface area contributed by atoms with Crippen LogP contribution in [0.15, 0.2) is 36.5 Å². The predicted octanol–water partition coefficient (Wildman–Crippen LogP) is 3.84. The lowest BCUT2D eigenvalue weighted by molar-refractivity contribution is -0.384. The van der Waals surface area contributed by atoms with Crippen molar-refractivity contribution in [2.24, 2.45) is 0 Å². The third-order valence-corrected chi connectivity index (χ3v) is 4.74. The SMILES string of the molecule is O=C(Nc1ccc(I)cn1)c1ccc(N2CCCCC2)c([N+](=O)[O-])c1. The van der Waals surface area contributed by atoms with Gasteiger partial charge in [0.25, 0.3) is 11.6 Å². The highest BCUT2D eigenvalue weighted by molar-refractivity contribution is 14.1. The number of hydrogen-bond donors (Lipinski definition) is 1. The van der Waals surface area contributed by atoms with E-state index in [2.05, 4.69) is 32.9 Å². The van der Waals surface area contributed by atoms with E-state index in [0.717, 1.165) is 35.9 Å². The number of nitrogens with one attached hydrogen (secondary N) is 1. The molecule has 0 spiro atoms. The zero-order valence-electron chi connectivity index (χ0n) is 13.4. The molecule has 8 heteroatoms. The summed E-state index contributed by atoms with van der Waals surface area (Å²) in [5, 5.41) is 14.1. The highest BCUT2D eigenvalue weighted by atomic mass is 127. The summed E-state index contributed by atoms with van der Waals surface area (Å²) < 4.78 is 0.956. The third kappa shape index (κ3) is 4.25. The standard InChI is InChI=1S/C17H17IN4O3/c18-13-5-7-16(19-11-13)20-17(23)12-4-6-14(15(10-12)22(24)25)21-8-2-1-3-9-21/h4-7,10-11H,1-3,8-9H2,(H,19,20,23). The van der Waals surface area contributed by atoms with Gasteiger partial charge in [-0.05, 0) is 66.1 Å². The summed E-state index contributed by atoms with van der Waals surface area (Å²) in [6, 6.07) is 8.14. The van der Waals surface area contributed by atoms with Gasteiger partial charge < -0.3 is 10.2 Å². The minimum atomic E-state index is -0.427. The zero-order valence-corrected chi connectivity index (χ0v) is 15.6. The molecule has 1 aliphatic heterocycles. The van der Waals surface area contributed by atoms with Gasteiger partial charge in [-0.25, -0.2) is 4.98 Å². The number of nitro benzene ring substituents is 1. The first-order valence-electron chi connectivity index (χ1n) is 8.01. The molecule has 1 aromatic heterocycles. The second kappa shape index (κ2) is 7.77. The fraction of sp³-hybridized carbons (Fsp3) is 0.294. The number of aromatic nitrogens is 1. The molecular weight excluding hydrogens is 435 g/mol. The Hall–Kier alpha value is -2.23. The van der Waals surface area contributed by atoms with Crippen molar-refractivity contribution in [3.8, 4) is 0 Å². The molecule has 1 N–H and O–H groups in total. The summed E-state index contributed by atoms with van der Waals surface area (Å²) in [6.07, 6.45) is 4.83. The van der Waals surface area contributed by atoms with Gasteiger partial charge in [-0.15, -0.1) is 0 Å². The molecule has 1 aliphatic rings. The number of halogens is 1. The van der Waals surface area contributed by atoms with Gasteiger partial charge in [-0.1, -0.05) is 0 Å². The minimum absolute atomic E-state index is 0.0369. The number of hydrogen-bond acceptors (Lipinski definition) is 5. The Kier molecular flexibility index (Phi) is 5.47. The molecule has 0 atom stereocenters. The van der Waals surface area contributed by atoms with E-state index in [0.29, 0.717) is 11.5 Å². The molecule has 0 bridgehead atoms. The number of rotatable bonds is 4. The molecular formula is C17H17IN4O3. The van der Waals surface area contributed by atoms with E-state index < -0.39 is 10.8 Å². The van der Waals surface area contributed by atoms with Crippen LogP contribution in [0.3, 0.4) is 0 Å². The molecule has 1 fully saturated rings. The van der Waals surface area contributed by atoms with Crippen LogP contribution in [0.25, 0.3) is 0 Å². The monoisotopic (exact) mass is 452 g/mol. The van der Waals surface area contributed by atoms with Crippen molar-refractivity contribution in [3.05, 3.63) is 55.8 Å². The number of carbonyl (C=O) groups is 1.